The van der Waals surface area contributed by atoms with Crippen molar-refractivity contribution in [2.75, 3.05) is 6.61 Å². The van der Waals surface area contributed by atoms with Gasteiger partial charge < -0.3 is 9.84 Å². The number of carbonyl (C=O) groups is 2. The second kappa shape index (κ2) is 9.04. The Hall–Kier alpha value is -0.900. The van der Waals surface area contributed by atoms with E-state index < -0.39 is 5.60 Å². The van der Waals surface area contributed by atoms with Gasteiger partial charge in [0.25, 0.3) is 0 Å². The summed E-state index contributed by atoms with van der Waals surface area (Å²) in [6.45, 7) is 9.69. The molecular formula is C28H46O4. The summed E-state index contributed by atoms with van der Waals surface area (Å²) in [5, 5.41) is 11.9. The molecule has 0 aromatic carbocycles. The van der Waals surface area contributed by atoms with E-state index in [1.165, 1.54) is 19.3 Å². The van der Waals surface area contributed by atoms with Gasteiger partial charge in [-0.1, -0.05) is 27.7 Å². The van der Waals surface area contributed by atoms with Crippen LogP contribution in [0, 0.1) is 40.4 Å². The van der Waals surface area contributed by atoms with E-state index in [4.69, 9.17) is 4.74 Å². The maximum absolute atomic E-state index is 12.3. The molecule has 32 heavy (non-hydrogen) atoms. The Morgan fingerprint density at radius 3 is 2.56 bits per heavy atom. The van der Waals surface area contributed by atoms with E-state index in [0.29, 0.717) is 53.8 Å². The number of ether oxygens (including phenoxy) is 1. The summed E-state index contributed by atoms with van der Waals surface area (Å²) in [7, 11) is 0. The van der Waals surface area contributed by atoms with Crippen molar-refractivity contribution in [3.05, 3.63) is 0 Å². The molecule has 4 fully saturated rings. The van der Waals surface area contributed by atoms with E-state index in [-0.39, 0.29) is 11.4 Å². The van der Waals surface area contributed by atoms with Crippen LogP contribution in [-0.4, -0.2) is 29.1 Å². The lowest BCUT2D eigenvalue weighted by molar-refractivity contribution is -0.169. The van der Waals surface area contributed by atoms with Crippen LogP contribution in [0.3, 0.4) is 0 Å². The lowest BCUT2D eigenvalue weighted by Gasteiger charge is -2.62. The van der Waals surface area contributed by atoms with Gasteiger partial charge in [-0.15, -0.1) is 0 Å². The standard InChI is InChI=1S/C28H46O4/c1-5-8-25(30)32-16-7-6-13-28(31)15-12-23-22-10-9-20-18-21(29)17-19(2)27(20,4)24(22)11-14-26(23,28)3/h19-20,22-24,31H,5-18H2,1-4H3/t19-,20-,22-,23-,24-,26-,27-,28-/m0/s1. The molecular weight excluding hydrogens is 400 g/mol. The Morgan fingerprint density at radius 2 is 1.81 bits per heavy atom. The molecule has 0 radical (unpaired) electrons. The number of Topliss-reactive ketones (excluding diaryl/α,β-unsaturated/α-hetero) is 1. The number of rotatable bonds is 7. The molecule has 182 valence electrons. The van der Waals surface area contributed by atoms with E-state index >= 15 is 0 Å². The molecule has 8 atom stereocenters. The van der Waals surface area contributed by atoms with Crippen LogP contribution in [0.25, 0.3) is 0 Å². The maximum atomic E-state index is 12.3. The van der Waals surface area contributed by atoms with Crippen LogP contribution in [0.1, 0.15) is 111 Å². The molecule has 1 N–H and O–H groups in total. The quantitative estimate of drug-likeness (QED) is 0.380. The zero-order valence-electron chi connectivity index (χ0n) is 21.0. The average molecular weight is 447 g/mol. The minimum atomic E-state index is -0.581. The molecule has 0 aromatic rings. The van der Waals surface area contributed by atoms with Gasteiger partial charge in [0.1, 0.15) is 5.78 Å². The Bertz CT molecular complexity index is 718. The van der Waals surface area contributed by atoms with Crippen molar-refractivity contribution in [2.45, 2.75) is 117 Å². The highest BCUT2D eigenvalue weighted by Crippen LogP contribution is 2.69. The van der Waals surface area contributed by atoms with E-state index in [1.807, 2.05) is 6.92 Å². The fraction of sp³-hybridized carbons (Fsp3) is 0.929. The van der Waals surface area contributed by atoms with Crippen LogP contribution in [0.5, 0.6) is 0 Å². The predicted molar refractivity (Wildman–Crippen MR) is 126 cm³/mol. The molecule has 0 saturated heterocycles. The minimum absolute atomic E-state index is 0.00394. The Labute approximate surface area is 195 Å². The second-order valence-electron chi connectivity index (χ2n) is 12.3. The Balaban J connectivity index is 1.40. The van der Waals surface area contributed by atoms with Gasteiger partial charge in [0.2, 0.25) is 0 Å². The van der Waals surface area contributed by atoms with Crippen LogP contribution in [0.4, 0.5) is 0 Å². The molecule has 0 aromatic heterocycles. The number of aliphatic hydroxyl groups is 1. The number of unbranched alkanes of at least 4 members (excludes halogenated alkanes) is 1. The molecule has 0 unspecified atom stereocenters. The summed E-state index contributed by atoms with van der Waals surface area (Å²) in [6, 6.07) is 0. The first-order valence-corrected chi connectivity index (χ1v) is 13.6. The fourth-order valence-electron chi connectivity index (χ4n) is 8.98. The van der Waals surface area contributed by atoms with Gasteiger partial charge in [0.05, 0.1) is 12.2 Å². The van der Waals surface area contributed by atoms with Crippen molar-refractivity contribution in [2.24, 2.45) is 40.4 Å². The first kappa shape index (κ1) is 24.2. The molecule has 4 nitrogen and oxygen atoms in total. The molecule has 0 amide bonds. The first-order chi connectivity index (χ1) is 15.2. The number of esters is 1. The first-order valence-electron chi connectivity index (χ1n) is 13.6. The number of fused-ring (bicyclic) bond motifs is 5. The zero-order chi connectivity index (χ0) is 23.1. The number of carbonyl (C=O) groups excluding carboxylic acids is 2. The van der Waals surface area contributed by atoms with E-state index in [2.05, 4.69) is 20.8 Å². The molecule has 0 heterocycles. The number of ketones is 1. The van der Waals surface area contributed by atoms with Crippen molar-refractivity contribution < 1.29 is 19.4 Å². The van der Waals surface area contributed by atoms with Crippen LogP contribution in [-0.2, 0) is 14.3 Å². The van der Waals surface area contributed by atoms with Gasteiger partial charge in [0, 0.05) is 19.3 Å². The molecule has 0 aliphatic heterocycles. The third-order valence-electron chi connectivity index (χ3n) is 11.1. The summed E-state index contributed by atoms with van der Waals surface area (Å²) in [4.78, 5) is 23.9. The van der Waals surface area contributed by atoms with Crippen molar-refractivity contribution >= 4 is 11.8 Å². The Morgan fingerprint density at radius 1 is 1.06 bits per heavy atom. The van der Waals surface area contributed by atoms with Crippen molar-refractivity contribution in [1.29, 1.82) is 0 Å². The van der Waals surface area contributed by atoms with E-state index in [1.54, 1.807) is 0 Å². The highest BCUT2D eigenvalue weighted by atomic mass is 16.5. The van der Waals surface area contributed by atoms with Gasteiger partial charge in [0.15, 0.2) is 0 Å². The molecule has 4 aliphatic rings. The molecule has 4 rings (SSSR count). The summed E-state index contributed by atoms with van der Waals surface area (Å²) in [5.41, 5.74) is -0.285. The third kappa shape index (κ3) is 3.87. The minimum Gasteiger partial charge on any atom is -0.466 e. The fourth-order valence-corrected chi connectivity index (χ4v) is 8.98. The average Bonchev–Trinajstić information content (AvgIpc) is 3.00. The van der Waals surface area contributed by atoms with Crippen LogP contribution in [0.15, 0.2) is 0 Å². The lowest BCUT2D eigenvalue weighted by atomic mass is 9.42. The molecule has 0 spiro atoms. The highest BCUT2D eigenvalue weighted by molar-refractivity contribution is 5.80. The largest absolute Gasteiger partial charge is 0.466 e. The normalized spacial score (nSPS) is 45.7. The zero-order valence-corrected chi connectivity index (χ0v) is 21.0. The smallest absolute Gasteiger partial charge is 0.305 e. The van der Waals surface area contributed by atoms with Gasteiger partial charge in [-0.3, -0.25) is 9.59 Å². The van der Waals surface area contributed by atoms with Crippen molar-refractivity contribution in [3.8, 4) is 0 Å². The third-order valence-corrected chi connectivity index (χ3v) is 11.1. The van der Waals surface area contributed by atoms with E-state index in [9.17, 15) is 14.7 Å². The van der Waals surface area contributed by atoms with Gasteiger partial charge >= 0.3 is 5.97 Å². The Kier molecular flexibility index (Phi) is 6.85. The monoisotopic (exact) mass is 446 g/mol. The second-order valence-corrected chi connectivity index (χ2v) is 12.3. The summed E-state index contributed by atoms with van der Waals surface area (Å²) >= 11 is 0. The maximum Gasteiger partial charge on any atom is 0.305 e. The van der Waals surface area contributed by atoms with Crippen molar-refractivity contribution in [3.63, 3.8) is 0 Å². The number of hydrogen-bond donors (Lipinski definition) is 1. The summed E-state index contributed by atoms with van der Waals surface area (Å²) in [6.07, 6.45) is 12.3. The molecule has 4 heteroatoms. The molecule has 0 bridgehead atoms. The van der Waals surface area contributed by atoms with Crippen LogP contribution < -0.4 is 0 Å². The topological polar surface area (TPSA) is 63.6 Å². The van der Waals surface area contributed by atoms with Gasteiger partial charge in [-0.2, -0.15) is 0 Å². The van der Waals surface area contributed by atoms with E-state index in [0.717, 1.165) is 57.8 Å². The summed E-state index contributed by atoms with van der Waals surface area (Å²) < 4.78 is 5.32. The van der Waals surface area contributed by atoms with Crippen molar-refractivity contribution in [1.82, 2.24) is 0 Å². The molecule has 4 saturated carbocycles. The van der Waals surface area contributed by atoms with Gasteiger partial charge in [-0.05, 0) is 105 Å². The van der Waals surface area contributed by atoms with Crippen LogP contribution in [0.2, 0.25) is 0 Å². The van der Waals surface area contributed by atoms with Gasteiger partial charge in [-0.25, -0.2) is 0 Å². The SMILES string of the molecule is CCCC(=O)OCCCC[C@]1(O)CC[C@H]2[C@@H]3CC[C@H]4CC(=O)C[C@H](C)[C@]4(C)[C@H]3CC[C@@]21C. The predicted octanol–water partition coefficient (Wildman–Crippen LogP) is 6.09. The lowest BCUT2D eigenvalue weighted by Crippen LogP contribution is -2.58. The summed E-state index contributed by atoms with van der Waals surface area (Å²) in [5.74, 6) is 3.46. The van der Waals surface area contributed by atoms with Crippen LogP contribution >= 0.6 is 0 Å². The number of hydrogen-bond acceptors (Lipinski definition) is 4. The molecule has 4 aliphatic carbocycles. The highest BCUT2D eigenvalue weighted by Gasteiger charge is 2.65.